The standard InChI is InChI=1S/C10H8N4O2/c1-6-9(12-10(15)16)8-4-2-3-7(5-11)14(8)13-6/h2-4,12H,1H3,(H,15,16). The minimum atomic E-state index is -1.15. The molecule has 0 aliphatic carbocycles. The number of aryl methyl sites for hydroxylation is 1. The maximum absolute atomic E-state index is 10.6. The molecule has 0 unspecified atom stereocenters. The van der Waals surface area contributed by atoms with Crippen LogP contribution in [0.15, 0.2) is 18.2 Å². The number of carbonyl (C=O) groups is 1. The first kappa shape index (κ1) is 9.98. The highest BCUT2D eigenvalue weighted by Crippen LogP contribution is 2.22. The SMILES string of the molecule is Cc1nn2c(C#N)cccc2c1NC(=O)O. The van der Waals surface area contributed by atoms with Gasteiger partial charge in [0.15, 0.2) is 0 Å². The fraction of sp³-hybridized carbons (Fsp3) is 0.100. The normalized spacial score (nSPS) is 10.0. The van der Waals surface area contributed by atoms with Gasteiger partial charge in [-0.25, -0.2) is 9.31 Å². The maximum Gasteiger partial charge on any atom is 0.409 e. The smallest absolute Gasteiger partial charge is 0.409 e. The van der Waals surface area contributed by atoms with Gasteiger partial charge in [0.25, 0.3) is 0 Å². The second-order valence-electron chi connectivity index (χ2n) is 3.21. The highest BCUT2D eigenvalue weighted by atomic mass is 16.4. The molecule has 0 aromatic carbocycles. The highest BCUT2D eigenvalue weighted by molar-refractivity contribution is 5.90. The number of pyridine rings is 1. The Kier molecular flexibility index (Phi) is 2.21. The molecule has 16 heavy (non-hydrogen) atoms. The topological polar surface area (TPSA) is 90.4 Å². The molecule has 0 spiro atoms. The van der Waals surface area contributed by atoms with Crippen molar-refractivity contribution in [3.63, 3.8) is 0 Å². The van der Waals surface area contributed by atoms with Gasteiger partial charge in [0, 0.05) is 0 Å². The van der Waals surface area contributed by atoms with Crippen LogP contribution in [-0.4, -0.2) is 20.8 Å². The lowest BCUT2D eigenvalue weighted by molar-refractivity contribution is 0.210. The van der Waals surface area contributed by atoms with Crippen LogP contribution in [0.25, 0.3) is 5.52 Å². The summed E-state index contributed by atoms with van der Waals surface area (Å²) in [6.45, 7) is 1.68. The van der Waals surface area contributed by atoms with E-state index in [1.165, 1.54) is 4.52 Å². The van der Waals surface area contributed by atoms with E-state index in [-0.39, 0.29) is 0 Å². The van der Waals surface area contributed by atoms with E-state index in [0.29, 0.717) is 22.6 Å². The van der Waals surface area contributed by atoms with Gasteiger partial charge in [-0.05, 0) is 19.1 Å². The second kappa shape index (κ2) is 3.55. The summed E-state index contributed by atoms with van der Waals surface area (Å²) in [5, 5.41) is 23.9. The van der Waals surface area contributed by atoms with E-state index >= 15 is 0 Å². The van der Waals surface area contributed by atoms with Crippen LogP contribution in [0.1, 0.15) is 11.4 Å². The predicted octanol–water partition coefficient (Wildman–Crippen LogP) is 1.60. The Labute approximate surface area is 90.7 Å². The van der Waals surface area contributed by atoms with Gasteiger partial charge in [0.1, 0.15) is 11.8 Å². The van der Waals surface area contributed by atoms with Crippen LogP contribution in [0, 0.1) is 18.3 Å². The molecule has 0 saturated carbocycles. The maximum atomic E-state index is 10.6. The molecule has 0 radical (unpaired) electrons. The third-order valence-electron chi connectivity index (χ3n) is 2.18. The van der Waals surface area contributed by atoms with Gasteiger partial charge in [-0.3, -0.25) is 5.32 Å². The summed E-state index contributed by atoms with van der Waals surface area (Å²) >= 11 is 0. The van der Waals surface area contributed by atoms with Crippen molar-refractivity contribution in [1.29, 1.82) is 5.26 Å². The Balaban J connectivity index is 2.72. The minimum Gasteiger partial charge on any atom is -0.465 e. The summed E-state index contributed by atoms with van der Waals surface area (Å²) in [5.74, 6) is 0. The van der Waals surface area contributed by atoms with E-state index in [9.17, 15) is 4.79 Å². The van der Waals surface area contributed by atoms with E-state index in [0.717, 1.165) is 0 Å². The molecule has 0 saturated heterocycles. The Morgan fingerprint density at radius 2 is 2.38 bits per heavy atom. The number of fused-ring (bicyclic) bond motifs is 1. The van der Waals surface area contributed by atoms with E-state index in [1.807, 2.05) is 6.07 Å². The first-order valence-electron chi connectivity index (χ1n) is 4.52. The van der Waals surface area contributed by atoms with Crippen molar-refractivity contribution in [1.82, 2.24) is 9.61 Å². The Morgan fingerprint density at radius 1 is 1.62 bits per heavy atom. The lowest BCUT2D eigenvalue weighted by atomic mass is 10.3. The summed E-state index contributed by atoms with van der Waals surface area (Å²) < 4.78 is 1.42. The summed E-state index contributed by atoms with van der Waals surface area (Å²) in [6, 6.07) is 6.99. The van der Waals surface area contributed by atoms with E-state index < -0.39 is 6.09 Å². The molecular weight excluding hydrogens is 208 g/mol. The average Bonchev–Trinajstić information content (AvgIpc) is 2.55. The van der Waals surface area contributed by atoms with Gasteiger partial charge >= 0.3 is 6.09 Å². The molecule has 0 aliphatic rings. The highest BCUT2D eigenvalue weighted by Gasteiger charge is 2.12. The fourth-order valence-electron chi connectivity index (χ4n) is 1.53. The van der Waals surface area contributed by atoms with Gasteiger partial charge in [-0.1, -0.05) is 6.07 Å². The number of aromatic nitrogens is 2. The summed E-state index contributed by atoms with van der Waals surface area (Å²) in [6.07, 6.45) is -1.15. The van der Waals surface area contributed by atoms with Gasteiger partial charge in [-0.2, -0.15) is 10.4 Å². The van der Waals surface area contributed by atoms with Gasteiger partial charge < -0.3 is 5.11 Å². The van der Waals surface area contributed by atoms with Crippen LogP contribution >= 0.6 is 0 Å². The van der Waals surface area contributed by atoms with E-state index in [4.69, 9.17) is 10.4 Å². The zero-order valence-corrected chi connectivity index (χ0v) is 8.43. The van der Waals surface area contributed by atoms with Crippen molar-refractivity contribution in [2.45, 2.75) is 6.92 Å². The molecule has 2 N–H and O–H groups in total. The number of nitriles is 1. The molecule has 0 aliphatic heterocycles. The third kappa shape index (κ3) is 1.44. The lowest BCUT2D eigenvalue weighted by Gasteiger charge is -1.99. The van der Waals surface area contributed by atoms with Crippen LogP contribution in [0.5, 0.6) is 0 Å². The molecule has 80 valence electrons. The van der Waals surface area contributed by atoms with Crippen LogP contribution in [0.3, 0.4) is 0 Å². The number of carboxylic acid groups (broad SMARTS) is 1. The number of amides is 1. The number of anilines is 1. The number of nitrogens with zero attached hydrogens (tertiary/aromatic N) is 3. The molecule has 1 amide bonds. The number of nitrogens with one attached hydrogen (secondary N) is 1. The molecule has 6 nitrogen and oxygen atoms in total. The predicted molar refractivity (Wildman–Crippen MR) is 56.3 cm³/mol. The zero-order chi connectivity index (χ0) is 11.7. The van der Waals surface area contributed by atoms with E-state index in [2.05, 4.69) is 10.4 Å². The number of hydrogen-bond donors (Lipinski definition) is 2. The second-order valence-corrected chi connectivity index (χ2v) is 3.21. The van der Waals surface area contributed by atoms with Gasteiger partial charge in [0.2, 0.25) is 0 Å². The minimum absolute atomic E-state index is 0.360. The van der Waals surface area contributed by atoms with Crippen molar-refractivity contribution in [2.75, 3.05) is 5.32 Å². The van der Waals surface area contributed by atoms with Crippen molar-refractivity contribution in [3.05, 3.63) is 29.6 Å². The zero-order valence-electron chi connectivity index (χ0n) is 8.43. The Bertz CT molecular complexity index is 609. The Hall–Kier alpha value is -2.55. The van der Waals surface area contributed by atoms with Crippen molar-refractivity contribution < 1.29 is 9.90 Å². The Morgan fingerprint density at radius 3 is 3.00 bits per heavy atom. The third-order valence-corrected chi connectivity index (χ3v) is 2.18. The quantitative estimate of drug-likeness (QED) is 0.757. The molecular formula is C10H8N4O2. The molecule has 2 rings (SSSR count). The van der Waals surface area contributed by atoms with Crippen LogP contribution in [-0.2, 0) is 0 Å². The van der Waals surface area contributed by atoms with Crippen molar-refractivity contribution in [3.8, 4) is 6.07 Å². The molecule has 0 atom stereocenters. The summed E-state index contributed by atoms with van der Waals surface area (Å²) in [4.78, 5) is 10.6. The van der Waals surface area contributed by atoms with Gasteiger partial charge in [-0.15, -0.1) is 0 Å². The number of hydrogen-bond acceptors (Lipinski definition) is 3. The molecule has 2 heterocycles. The summed E-state index contributed by atoms with van der Waals surface area (Å²) in [5.41, 5.74) is 1.87. The van der Waals surface area contributed by atoms with E-state index in [1.54, 1.807) is 25.1 Å². The first-order valence-corrected chi connectivity index (χ1v) is 4.52. The van der Waals surface area contributed by atoms with Crippen molar-refractivity contribution in [2.24, 2.45) is 0 Å². The molecule has 6 heteroatoms. The van der Waals surface area contributed by atoms with Crippen LogP contribution in [0.2, 0.25) is 0 Å². The van der Waals surface area contributed by atoms with Crippen molar-refractivity contribution >= 4 is 17.3 Å². The molecule has 2 aromatic rings. The van der Waals surface area contributed by atoms with Gasteiger partial charge in [0.05, 0.1) is 16.9 Å². The van der Waals surface area contributed by atoms with Crippen LogP contribution in [0.4, 0.5) is 10.5 Å². The average molecular weight is 216 g/mol. The monoisotopic (exact) mass is 216 g/mol. The summed E-state index contributed by atoms with van der Waals surface area (Å²) in [7, 11) is 0. The first-order chi connectivity index (χ1) is 7.63. The largest absolute Gasteiger partial charge is 0.465 e. The number of rotatable bonds is 1. The van der Waals surface area contributed by atoms with Crippen LogP contribution < -0.4 is 5.32 Å². The lowest BCUT2D eigenvalue weighted by Crippen LogP contribution is -2.07. The molecule has 2 aromatic heterocycles. The fourth-order valence-corrected chi connectivity index (χ4v) is 1.53. The molecule has 0 bridgehead atoms. The molecule has 0 fully saturated rings.